The second kappa shape index (κ2) is 6.66. The first kappa shape index (κ1) is 15.4. The number of hydrogen-bond acceptors (Lipinski definition) is 4. The van der Waals surface area contributed by atoms with Crippen LogP contribution < -0.4 is 4.72 Å². The molecule has 20 heavy (non-hydrogen) atoms. The van der Waals surface area contributed by atoms with Crippen LogP contribution in [0.2, 0.25) is 0 Å². The van der Waals surface area contributed by atoms with Crippen LogP contribution in [0.5, 0.6) is 0 Å². The van der Waals surface area contributed by atoms with Crippen LogP contribution >= 0.6 is 0 Å². The fraction of sp³-hybridized carbons (Fsp3) is 0.750. The van der Waals surface area contributed by atoms with Gasteiger partial charge in [0.15, 0.2) is 0 Å². The first-order chi connectivity index (χ1) is 9.47. The molecule has 0 amide bonds. The minimum atomic E-state index is -3.42. The summed E-state index contributed by atoms with van der Waals surface area (Å²) in [5.74, 6) is 0. The number of aromatic nitrogens is 2. The van der Waals surface area contributed by atoms with Crippen molar-refractivity contribution in [2.75, 3.05) is 19.6 Å². The van der Waals surface area contributed by atoms with Crippen molar-refractivity contribution >= 4 is 10.2 Å². The highest BCUT2D eigenvalue weighted by atomic mass is 32.2. The predicted octanol–water partition coefficient (Wildman–Crippen LogP) is 0.217. The quantitative estimate of drug-likeness (QED) is 0.763. The van der Waals surface area contributed by atoms with Gasteiger partial charge in [0, 0.05) is 38.6 Å². The third-order valence-electron chi connectivity index (χ3n) is 3.13. The fourth-order valence-corrected chi connectivity index (χ4v) is 3.69. The van der Waals surface area contributed by atoms with Crippen molar-refractivity contribution in [1.82, 2.24) is 18.8 Å². The van der Waals surface area contributed by atoms with E-state index in [1.165, 1.54) is 4.31 Å². The lowest BCUT2D eigenvalue weighted by Gasteiger charge is -2.34. The molecule has 7 nitrogen and oxygen atoms in total. The molecule has 1 N–H and O–H groups in total. The summed E-state index contributed by atoms with van der Waals surface area (Å²) in [4.78, 5) is 0. The molecule has 2 atom stereocenters. The van der Waals surface area contributed by atoms with Gasteiger partial charge in [-0.05, 0) is 26.3 Å². The van der Waals surface area contributed by atoms with Crippen molar-refractivity contribution < 1.29 is 13.2 Å². The van der Waals surface area contributed by atoms with E-state index in [1.54, 1.807) is 10.9 Å². The van der Waals surface area contributed by atoms with Crippen molar-refractivity contribution in [2.24, 2.45) is 0 Å². The van der Waals surface area contributed by atoms with Gasteiger partial charge in [-0.25, -0.2) is 4.72 Å². The Kier molecular flexibility index (Phi) is 5.14. The molecule has 0 spiro atoms. The number of morpholine rings is 1. The van der Waals surface area contributed by atoms with Crippen LogP contribution in [-0.4, -0.2) is 54.3 Å². The highest BCUT2D eigenvalue weighted by molar-refractivity contribution is 7.87. The van der Waals surface area contributed by atoms with Gasteiger partial charge in [-0.15, -0.1) is 0 Å². The van der Waals surface area contributed by atoms with Crippen molar-refractivity contribution in [2.45, 2.75) is 39.0 Å². The average molecular weight is 302 g/mol. The Bertz CT molecular complexity index is 493. The molecule has 0 aliphatic carbocycles. The second-order valence-corrected chi connectivity index (χ2v) is 6.85. The first-order valence-electron chi connectivity index (χ1n) is 6.85. The molecule has 0 bridgehead atoms. The van der Waals surface area contributed by atoms with Gasteiger partial charge in [0.05, 0.1) is 12.2 Å². The lowest BCUT2D eigenvalue weighted by atomic mass is 10.3. The Morgan fingerprint density at radius 2 is 2.05 bits per heavy atom. The Morgan fingerprint density at radius 1 is 1.35 bits per heavy atom. The van der Waals surface area contributed by atoms with Crippen LogP contribution in [0.3, 0.4) is 0 Å². The number of rotatable bonds is 6. The van der Waals surface area contributed by atoms with Crippen molar-refractivity contribution in [3.8, 4) is 0 Å². The maximum atomic E-state index is 12.2. The van der Waals surface area contributed by atoms with Crippen LogP contribution in [0.1, 0.15) is 20.3 Å². The molecule has 0 radical (unpaired) electrons. The summed E-state index contributed by atoms with van der Waals surface area (Å²) in [5.41, 5.74) is 0. The number of aryl methyl sites for hydroxylation is 1. The van der Waals surface area contributed by atoms with Gasteiger partial charge in [-0.3, -0.25) is 4.68 Å². The number of nitrogens with one attached hydrogen (secondary N) is 1. The van der Waals surface area contributed by atoms with E-state index in [2.05, 4.69) is 9.82 Å². The molecule has 0 aromatic carbocycles. The molecular formula is C12H22N4O3S. The highest BCUT2D eigenvalue weighted by Crippen LogP contribution is 2.13. The molecule has 1 aromatic rings. The zero-order chi connectivity index (χ0) is 14.6. The molecule has 8 heteroatoms. The molecule has 0 unspecified atom stereocenters. The van der Waals surface area contributed by atoms with Gasteiger partial charge in [0.1, 0.15) is 0 Å². The minimum absolute atomic E-state index is 0.0700. The Labute approximate surface area is 120 Å². The maximum absolute atomic E-state index is 12.2. The summed E-state index contributed by atoms with van der Waals surface area (Å²) < 4.78 is 35.8. The molecule has 1 saturated heterocycles. The molecule has 1 aromatic heterocycles. The van der Waals surface area contributed by atoms with E-state index in [9.17, 15) is 8.42 Å². The van der Waals surface area contributed by atoms with Crippen LogP contribution in [0, 0.1) is 0 Å². The SMILES string of the molecule is C[C@H]1CN(S(=O)(=O)NCCCn2cccn2)C[C@H](C)O1. The van der Waals surface area contributed by atoms with Crippen LogP contribution in [0.25, 0.3) is 0 Å². The smallest absolute Gasteiger partial charge is 0.279 e. The van der Waals surface area contributed by atoms with E-state index in [1.807, 2.05) is 26.1 Å². The van der Waals surface area contributed by atoms with E-state index >= 15 is 0 Å². The molecule has 1 fully saturated rings. The van der Waals surface area contributed by atoms with Gasteiger partial charge in [-0.1, -0.05) is 0 Å². The van der Waals surface area contributed by atoms with Gasteiger partial charge < -0.3 is 4.74 Å². The van der Waals surface area contributed by atoms with Crippen molar-refractivity contribution in [3.63, 3.8) is 0 Å². The molecule has 1 aliphatic heterocycles. The second-order valence-electron chi connectivity index (χ2n) is 5.10. The average Bonchev–Trinajstić information content (AvgIpc) is 2.86. The van der Waals surface area contributed by atoms with Crippen LogP contribution in [0.4, 0.5) is 0 Å². The Morgan fingerprint density at radius 3 is 2.65 bits per heavy atom. The monoisotopic (exact) mass is 302 g/mol. The number of ether oxygens (including phenoxy) is 1. The molecule has 0 saturated carbocycles. The van der Waals surface area contributed by atoms with Crippen molar-refractivity contribution in [1.29, 1.82) is 0 Å². The van der Waals surface area contributed by atoms with Crippen LogP contribution in [0.15, 0.2) is 18.5 Å². The lowest BCUT2D eigenvalue weighted by Crippen LogP contribution is -2.52. The summed E-state index contributed by atoms with van der Waals surface area (Å²) in [5, 5.41) is 4.07. The molecule has 2 rings (SSSR count). The predicted molar refractivity (Wildman–Crippen MR) is 75.3 cm³/mol. The summed E-state index contributed by atoms with van der Waals surface area (Å²) in [6.45, 7) is 5.68. The summed E-state index contributed by atoms with van der Waals surface area (Å²) in [6, 6.07) is 1.85. The molecule has 114 valence electrons. The lowest BCUT2D eigenvalue weighted by molar-refractivity contribution is -0.0443. The Balaban J connectivity index is 1.78. The maximum Gasteiger partial charge on any atom is 0.279 e. The van der Waals surface area contributed by atoms with E-state index in [0.717, 1.165) is 0 Å². The minimum Gasteiger partial charge on any atom is -0.373 e. The largest absolute Gasteiger partial charge is 0.373 e. The van der Waals surface area contributed by atoms with Gasteiger partial charge >= 0.3 is 0 Å². The normalized spacial score (nSPS) is 24.9. The number of hydrogen-bond donors (Lipinski definition) is 1. The van der Waals surface area contributed by atoms with E-state index in [-0.39, 0.29) is 12.2 Å². The standard InChI is InChI=1S/C12H22N4O3S/c1-11-9-16(10-12(2)19-11)20(17,18)14-6-4-8-15-7-3-5-13-15/h3,5,7,11-12,14H,4,6,8-10H2,1-2H3/t11-,12-/m0/s1. The van der Waals surface area contributed by atoms with Crippen molar-refractivity contribution in [3.05, 3.63) is 18.5 Å². The summed E-state index contributed by atoms with van der Waals surface area (Å²) in [6.07, 6.45) is 4.13. The zero-order valence-corrected chi connectivity index (χ0v) is 12.7. The molecule has 2 heterocycles. The summed E-state index contributed by atoms with van der Waals surface area (Å²) in [7, 11) is -3.42. The third kappa shape index (κ3) is 4.27. The van der Waals surface area contributed by atoms with E-state index in [0.29, 0.717) is 32.6 Å². The number of nitrogens with zero attached hydrogens (tertiary/aromatic N) is 3. The highest BCUT2D eigenvalue weighted by Gasteiger charge is 2.30. The summed E-state index contributed by atoms with van der Waals surface area (Å²) >= 11 is 0. The third-order valence-corrected chi connectivity index (χ3v) is 4.68. The topological polar surface area (TPSA) is 76.5 Å². The van der Waals surface area contributed by atoms with Gasteiger partial charge in [-0.2, -0.15) is 17.8 Å². The zero-order valence-electron chi connectivity index (χ0n) is 11.9. The van der Waals surface area contributed by atoms with E-state index < -0.39 is 10.2 Å². The fourth-order valence-electron chi connectivity index (χ4n) is 2.29. The van der Waals surface area contributed by atoms with Gasteiger partial charge in [0.25, 0.3) is 10.2 Å². The molecular weight excluding hydrogens is 280 g/mol. The van der Waals surface area contributed by atoms with Crippen LogP contribution in [-0.2, 0) is 21.5 Å². The van der Waals surface area contributed by atoms with E-state index in [4.69, 9.17) is 4.74 Å². The molecule has 1 aliphatic rings. The first-order valence-corrected chi connectivity index (χ1v) is 8.29. The van der Waals surface area contributed by atoms with Gasteiger partial charge in [0.2, 0.25) is 0 Å². The Hall–Kier alpha value is -0.960.